The molecule has 2 atom stereocenters. The second kappa shape index (κ2) is 13.7. The Morgan fingerprint density at radius 1 is 0.717 bits per heavy atom. The molecule has 1 fully saturated rings. The van der Waals surface area contributed by atoms with Gasteiger partial charge in [-0.05, 0) is 48.5 Å². The lowest BCUT2D eigenvalue weighted by atomic mass is 9.92. The van der Waals surface area contributed by atoms with Crippen LogP contribution in [0.4, 0.5) is 4.79 Å². The van der Waals surface area contributed by atoms with Crippen LogP contribution in [0.5, 0.6) is 17.2 Å². The Kier molecular flexibility index (Phi) is 9.74. The summed E-state index contributed by atoms with van der Waals surface area (Å²) in [6.45, 7) is -0.307. The summed E-state index contributed by atoms with van der Waals surface area (Å²) in [5, 5.41) is 33.5. The maximum atomic E-state index is 13.6. The molecule has 0 unspecified atom stereocenters. The first kappa shape index (κ1) is 32.8. The molecule has 2 amide bonds. The smallest absolute Gasteiger partial charge is 0.409 e. The highest BCUT2D eigenvalue weighted by Crippen LogP contribution is 2.33. The minimum Gasteiger partial charge on any atom is -0.508 e. The van der Waals surface area contributed by atoms with Crippen LogP contribution < -0.4 is 5.32 Å². The van der Waals surface area contributed by atoms with Crippen molar-refractivity contribution in [1.82, 2.24) is 10.2 Å². The Labute approximate surface area is 260 Å². The summed E-state index contributed by atoms with van der Waals surface area (Å²) < 4.78 is 19.8. The molecule has 0 aromatic heterocycles. The molecule has 3 aromatic carbocycles. The molecule has 0 spiro atoms. The van der Waals surface area contributed by atoms with E-state index >= 15 is 0 Å². The average Bonchev–Trinajstić information content (AvgIpc) is 3.44. The van der Waals surface area contributed by atoms with Crippen LogP contribution in [-0.2, 0) is 18.9 Å². The summed E-state index contributed by atoms with van der Waals surface area (Å²) in [4.78, 5) is 78.3. The third-order valence-electron chi connectivity index (χ3n) is 7.06. The van der Waals surface area contributed by atoms with Crippen molar-refractivity contribution in [2.24, 2.45) is 0 Å². The van der Waals surface area contributed by atoms with E-state index in [0.717, 1.165) is 39.5 Å². The zero-order chi connectivity index (χ0) is 33.7. The van der Waals surface area contributed by atoms with E-state index < -0.39 is 81.6 Å². The number of benzene rings is 3. The quantitative estimate of drug-likeness (QED) is 0.158. The molecular weight excluding hydrogens is 608 g/mol. The normalized spacial score (nSPS) is 15.4. The number of esters is 3. The number of ketones is 1. The van der Waals surface area contributed by atoms with Crippen molar-refractivity contribution in [1.29, 1.82) is 0 Å². The first-order valence-corrected chi connectivity index (χ1v) is 13.4. The maximum Gasteiger partial charge on any atom is 0.409 e. The summed E-state index contributed by atoms with van der Waals surface area (Å²) in [5.41, 5.74) is -2.47. The Morgan fingerprint density at radius 2 is 1.35 bits per heavy atom. The number of phenolic OH excluding ortho intramolecular Hbond substituents is 3. The van der Waals surface area contributed by atoms with Crippen molar-refractivity contribution >= 4 is 35.7 Å². The topological polar surface area (TPSA) is 215 Å². The number of carbonyl (C=O) groups is 6. The van der Waals surface area contributed by atoms with Crippen molar-refractivity contribution in [2.75, 3.05) is 34.4 Å². The van der Waals surface area contributed by atoms with Gasteiger partial charge in [0.05, 0.1) is 61.7 Å². The van der Waals surface area contributed by atoms with Gasteiger partial charge in [-0.15, -0.1) is 0 Å². The molecule has 4 rings (SSSR count). The minimum atomic E-state index is -1.15. The molecule has 1 saturated heterocycles. The molecule has 240 valence electrons. The van der Waals surface area contributed by atoms with Gasteiger partial charge in [0.15, 0.2) is 0 Å². The molecule has 1 aliphatic heterocycles. The molecule has 0 radical (unpaired) electrons. The van der Waals surface area contributed by atoms with Crippen molar-refractivity contribution in [3.63, 3.8) is 0 Å². The van der Waals surface area contributed by atoms with E-state index in [0.29, 0.717) is 0 Å². The number of ether oxygens (including phenoxy) is 4. The fraction of sp³-hybridized carbons (Fsp3) is 0.226. The van der Waals surface area contributed by atoms with Crippen molar-refractivity contribution in [2.45, 2.75) is 12.1 Å². The summed E-state index contributed by atoms with van der Waals surface area (Å²) in [6, 6.07) is 9.72. The van der Waals surface area contributed by atoms with E-state index in [-0.39, 0.29) is 30.0 Å². The summed E-state index contributed by atoms with van der Waals surface area (Å²) in [5.74, 6) is -6.60. The van der Waals surface area contributed by atoms with Gasteiger partial charge < -0.3 is 44.5 Å². The third-order valence-corrected chi connectivity index (χ3v) is 7.06. The standard InChI is InChI=1S/C31H28N2O13/c1-43-29(40)18-5-4-6-21(35)24(18)26(37)25-19(30(41)44-2)11-16(12-22(25)36)28(39)46-23-14-33(31(42)45-3)13-20(23)32-27(38)15-7-9-17(34)10-8-15/h4-12,20,23,34-36H,13-14H2,1-3H3,(H,32,38)/t20-,23-/m1/s1. The van der Waals surface area contributed by atoms with Crippen LogP contribution >= 0.6 is 0 Å². The van der Waals surface area contributed by atoms with Gasteiger partial charge in [-0.3, -0.25) is 9.59 Å². The highest BCUT2D eigenvalue weighted by molar-refractivity contribution is 6.21. The van der Waals surface area contributed by atoms with Crippen LogP contribution in [0.1, 0.15) is 57.4 Å². The van der Waals surface area contributed by atoms with Crippen molar-refractivity contribution < 1.29 is 63.0 Å². The second-order valence-electron chi connectivity index (χ2n) is 9.88. The van der Waals surface area contributed by atoms with Crippen LogP contribution in [0.25, 0.3) is 0 Å². The van der Waals surface area contributed by atoms with Gasteiger partial charge in [0, 0.05) is 12.1 Å². The third kappa shape index (κ3) is 6.67. The number of nitrogens with zero attached hydrogens (tertiary/aromatic N) is 1. The first-order valence-electron chi connectivity index (χ1n) is 13.4. The molecular formula is C31H28N2O13. The predicted molar refractivity (Wildman–Crippen MR) is 155 cm³/mol. The Morgan fingerprint density at radius 3 is 1.98 bits per heavy atom. The van der Waals surface area contributed by atoms with Crippen molar-refractivity contribution in [3.05, 3.63) is 88.0 Å². The number of methoxy groups -OCH3 is 3. The van der Waals surface area contributed by atoms with Crippen LogP contribution in [0.3, 0.4) is 0 Å². The zero-order valence-corrected chi connectivity index (χ0v) is 24.6. The van der Waals surface area contributed by atoms with Gasteiger partial charge in [-0.1, -0.05) is 6.07 Å². The van der Waals surface area contributed by atoms with Gasteiger partial charge in [-0.2, -0.15) is 0 Å². The summed E-state index contributed by atoms with van der Waals surface area (Å²) >= 11 is 0. The number of hydrogen-bond acceptors (Lipinski definition) is 13. The lowest BCUT2D eigenvalue weighted by Crippen LogP contribution is -2.44. The van der Waals surface area contributed by atoms with E-state index in [1.165, 1.54) is 41.3 Å². The number of likely N-dealkylation sites (tertiary alicyclic amines) is 1. The molecule has 1 heterocycles. The predicted octanol–water partition coefficient (Wildman–Crippen LogP) is 2.01. The largest absolute Gasteiger partial charge is 0.508 e. The van der Waals surface area contributed by atoms with Crippen LogP contribution in [0.2, 0.25) is 0 Å². The average molecular weight is 637 g/mol. The number of amides is 2. The zero-order valence-electron chi connectivity index (χ0n) is 24.6. The second-order valence-corrected chi connectivity index (χ2v) is 9.88. The molecule has 0 aliphatic carbocycles. The van der Waals surface area contributed by atoms with E-state index in [1.54, 1.807) is 0 Å². The van der Waals surface area contributed by atoms with Gasteiger partial charge in [-0.25, -0.2) is 19.2 Å². The Balaban J connectivity index is 1.67. The Bertz CT molecular complexity index is 1720. The molecule has 0 bridgehead atoms. The van der Waals surface area contributed by atoms with E-state index in [4.69, 9.17) is 14.2 Å². The molecule has 15 heteroatoms. The summed E-state index contributed by atoms with van der Waals surface area (Å²) in [7, 11) is 3.19. The van der Waals surface area contributed by atoms with E-state index in [9.17, 15) is 44.1 Å². The molecule has 4 N–H and O–H groups in total. The number of hydrogen-bond donors (Lipinski definition) is 4. The number of carbonyl (C=O) groups excluding carboxylic acids is 6. The van der Waals surface area contributed by atoms with E-state index in [1.807, 2.05) is 0 Å². The molecule has 1 aliphatic rings. The first-order chi connectivity index (χ1) is 21.9. The molecule has 3 aromatic rings. The highest BCUT2D eigenvalue weighted by Gasteiger charge is 2.40. The lowest BCUT2D eigenvalue weighted by molar-refractivity contribution is 0.0264. The van der Waals surface area contributed by atoms with Crippen molar-refractivity contribution in [3.8, 4) is 17.2 Å². The van der Waals surface area contributed by atoms with E-state index in [2.05, 4.69) is 10.1 Å². The minimum absolute atomic E-state index is 0.0622. The number of aromatic hydroxyl groups is 3. The maximum absolute atomic E-state index is 13.6. The van der Waals surface area contributed by atoms with Crippen LogP contribution in [0.15, 0.2) is 54.6 Å². The summed E-state index contributed by atoms with van der Waals surface area (Å²) in [6.07, 6.45) is -1.90. The lowest BCUT2D eigenvalue weighted by Gasteiger charge is -2.20. The molecule has 46 heavy (non-hydrogen) atoms. The monoisotopic (exact) mass is 636 g/mol. The number of rotatable bonds is 8. The SMILES string of the molecule is COC(=O)c1cccc(O)c1C(=O)c1c(O)cc(C(=O)O[C@@H]2CN(C(=O)OC)C[C@H]2NC(=O)c2ccc(O)cc2)cc1C(=O)OC. The molecule has 0 saturated carbocycles. The Hall–Kier alpha value is -6.12. The molecule has 15 nitrogen and oxygen atoms in total. The highest BCUT2D eigenvalue weighted by atomic mass is 16.6. The van der Waals surface area contributed by atoms with Gasteiger partial charge in [0.1, 0.15) is 23.4 Å². The van der Waals surface area contributed by atoms with Crippen LogP contribution in [0, 0.1) is 0 Å². The van der Waals surface area contributed by atoms with Crippen LogP contribution in [-0.4, -0.2) is 102 Å². The fourth-order valence-corrected chi connectivity index (χ4v) is 4.82. The van der Waals surface area contributed by atoms with Gasteiger partial charge in [0.25, 0.3) is 5.91 Å². The van der Waals surface area contributed by atoms with Gasteiger partial charge >= 0.3 is 24.0 Å². The number of nitrogens with one attached hydrogen (secondary N) is 1. The fourth-order valence-electron chi connectivity index (χ4n) is 4.82. The van der Waals surface area contributed by atoms with Gasteiger partial charge in [0.2, 0.25) is 5.78 Å². The number of phenols is 3.